The maximum absolute atomic E-state index is 2.48. The molecule has 0 spiro atoms. The lowest BCUT2D eigenvalue weighted by molar-refractivity contribution is 0.590. The molecule has 0 heterocycles. The van der Waals surface area contributed by atoms with Gasteiger partial charge in [-0.15, -0.1) is 0 Å². The van der Waals surface area contributed by atoms with Crippen LogP contribution in [0, 0.1) is 0 Å². The molecule has 0 N–H and O–H groups in total. The third-order valence-corrected chi connectivity index (χ3v) is 15.9. The van der Waals surface area contributed by atoms with Crippen molar-refractivity contribution in [3.63, 3.8) is 0 Å². The second-order valence-electron chi connectivity index (χ2n) is 25.5. The molecular weight excluding hydrogens is 941 g/mol. The highest BCUT2D eigenvalue weighted by atomic mass is 15.1. The van der Waals surface area contributed by atoms with Gasteiger partial charge in [0.2, 0.25) is 0 Å². The van der Waals surface area contributed by atoms with E-state index < -0.39 is 0 Å². The van der Waals surface area contributed by atoms with Crippen molar-refractivity contribution in [3.05, 3.63) is 253 Å². The van der Waals surface area contributed by atoms with E-state index in [2.05, 4.69) is 323 Å². The van der Waals surface area contributed by atoms with Crippen LogP contribution >= 0.6 is 0 Å². The number of anilines is 6. The summed E-state index contributed by atoms with van der Waals surface area (Å²) in [6.45, 7) is 27.3. The molecule has 0 aromatic heterocycles. The molecule has 2 heteroatoms. The predicted molar refractivity (Wildman–Crippen MR) is 339 cm³/mol. The third-order valence-electron chi connectivity index (χ3n) is 15.9. The van der Waals surface area contributed by atoms with Crippen LogP contribution in [-0.2, 0) is 21.7 Å². The third kappa shape index (κ3) is 10.0. The fraction of sp³-hybridized carbons (Fsp3) is 0.211. The van der Waals surface area contributed by atoms with Gasteiger partial charge in [-0.05, 0) is 188 Å². The van der Waals surface area contributed by atoms with Crippen molar-refractivity contribution in [2.45, 2.75) is 105 Å². The molecule has 388 valence electrons. The number of nitrogens with zero attached hydrogens (tertiary/aromatic N) is 2. The molecule has 11 aromatic rings. The van der Waals surface area contributed by atoms with Crippen LogP contribution in [0.1, 0.15) is 105 Å². The first-order valence-corrected chi connectivity index (χ1v) is 27.9. The lowest BCUT2D eigenvalue weighted by Gasteiger charge is -2.28. The second-order valence-corrected chi connectivity index (χ2v) is 25.5. The molecule has 0 unspecified atom stereocenters. The van der Waals surface area contributed by atoms with Crippen molar-refractivity contribution in [1.82, 2.24) is 0 Å². The van der Waals surface area contributed by atoms with Gasteiger partial charge in [0.1, 0.15) is 0 Å². The second kappa shape index (κ2) is 20.0. The smallest absolute Gasteiger partial charge is 0.0462 e. The average Bonchev–Trinajstić information content (AvgIpc) is 3.49. The minimum atomic E-state index is 0.0487. The molecule has 2 nitrogen and oxygen atoms in total. The fourth-order valence-electron chi connectivity index (χ4n) is 11.4. The Kier molecular flexibility index (Phi) is 13.3. The maximum Gasteiger partial charge on any atom is 0.0462 e. The van der Waals surface area contributed by atoms with Crippen molar-refractivity contribution in [1.29, 1.82) is 0 Å². The van der Waals surface area contributed by atoms with Crippen LogP contribution in [0.25, 0.3) is 65.7 Å². The Morgan fingerprint density at radius 1 is 0.231 bits per heavy atom. The van der Waals surface area contributed by atoms with Gasteiger partial charge in [-0.1, -0.05) is 235 Å². The molecule has 0 aliphatic rings. The Labute approximate surface area is 464 Å². The van der Waals surface area contributed by atoms with E-state index in [1.54, 1.807) is 0 Å². The molecule has 0 aliphatic carbocycles. The van der Waals surface area contributed by atoms with E-state index in [-0.39, 0.29) is 21.7 Å². The van der Waals surface area contributed by atoms with E-state index in [9.17, 15) is 0 Å². The molecule has 78 heavy (non-hydrogen) atoms. The highest BCUT2D eigenvalue weighted by Crippen LogP contribution is 2.50. The first kappa shape index (κ1) is 51.9. The van der Waals surface area contributed by atoms with Crippen molar-refractivity contribution in [2.75, 3.05) is 9.80 Å². The van der Waals surface area contributed by atoms with E-state index in [1.807, 2.05) is 0 Å². The first-order valence-electron chi connectivity index (χ1n) is 27.9. The Morgan fingerprint density at radius 3 is 0.833 bits per heavy atom. The molecule has 0 saturated heterocycles. The topological polar surface area (TPSA) is 6.48 Å². The van der Waals surface area contributed by atoms with E-state index >= 15 is 0 Å². The van der Waals surface area contributed by atoms with Gasteiger partial charge in [0.25, 0.3) is 0 Å². The van der Waals surface area contributed by atoms with Crippen LogP contribution < -0.4 is 9.80 Å². The van der Waals surface area contributed by atoms with Gasteiger partial charge in [-0.25, -0.2) is 0 Å². The summed E-state index contributed by atoms with van der Waals surface area (Å²) in [5, 5.41) is 7.49. The van der Waals surface area contributed by atoms with Crippen LogP contribution in [0.15, 0.2) is 231 Å². The summed E-state index contributed by atoms with van der Waals surface area (Å²) in [5.74, 6) is 0. The molecular formula is C76H74N2. The molecule has 0 radical (unpaired) electrons. The first-order chi connectivity index (χ1) is 37.2. The number of benzene rings is 11. The molecule has 11 rings (SSSR count). The van der Waals surface area contributed by atoms with Crippen molar-refractivity contribution < 1.29 is 0 Å². The zero-order valence-electron chi connectivity index (χ0n) is 47.8. The summed E-state index contributed by atoms with van der Waals surface area (Å²) in [6, 6.07) is 86.7. The zero-order chi connectivity index (χ0) is 54.7. The SMILES string of the molecule is CC(C)(C)c1ccc(N(c2ccc(-c3cc(-c4ccccc4)c(-c4ccc(N(c5ccc(C(C)(C)C)cc5)c5ccc(C(C)(C)C)cc5)cc4)c4c5ccccc5c5ccccc5c34)cc2)c2ccc(C(C)(C)C)cc2)cc1. The summed E-state index contributed by atoms with van der Waals surface area (Å²) in [7, 11) is 0. The summed E-state index contributed by atoms with van der Waals surface area (Å²) in [5.41, 5.74) is 19.3. The summed E-state index contributed by atoms with van der Waals surface area (Å²) in [6.07, 6.45) is 0. The van der Waals surface area contributed by atoms with Crippen molar-refractivity contribution in [3.8, 4) is 33.4 Å². The lowest BCUT2D eigenvalue weighted by Crippen LogP contribution is -2.14. The number of hydrogen-bond acceptors (Lipinski definition) is 2. The van der Waals surface area contributed by atoms with Gasteiger partial charge >= 0.3 is 0 Å². The Hall–Kier alpha value is -8.20. The van der Waals surface area contributed by atoms with E-state index in [4.69, 9.17) is 0 Å². The van der Waals surface area contributed by atoms with E-state index in [0.29, 0.717) is 0 Å². The Bertz CT molecular complexity index is 3800. The number of rotatable bonds is 9. The van der Waals surface area contributed by atoms with Crippen LogP contribution in [0.4, 0.5) is 34.1 Å². The molecule has 11 aromatic carbocycles. The molecule has 0 fully saturated rings. The van der Waals surface area contributed by atoms with Gasteiger partial charge in [0.05, 0.1) is 0 Å². The van der Waals surface area contributed by atoms with Gasteiger partial charge in [0, 0.05) is 34.1 Å². The van der Waals surface area contributed by atoms with E-state index in [0.717, 1.165) is 34.1 Å². The van der Waals surface area contributed by atoms with Crippen molar-refractivity contribution in [2.24, 2.45) is 0 Å². The monoisotopic (exact) mass is 1010 g/mol. The summed E-state index contributed by atoms with van der Waals surface area (Å²) in [4.78, 5) is 4.80. The zero-order valence-corrected chi connectivity index (χ0v) is 47.8. The molecule has 0 amide bonds. The Balaban J connectivity index is 1.12. The largest absolute Gasteiger partial charge is 0.311 e. The minimum absolute atomic E-state index is 0.0487. The van der Waals surface area contributed by atoms with Crippen LogP contribution in [0.5, 0.6) is 0 Å². The fourth-order valence-corrected chi connectivity index (χ4v) is 11.4. The van der Waals surface area contributed by atoms with Gasteiger partial charge < -0.3 is 9.80 Å². The minimum Gasteiger partial charge on any atom is -0.311 e. The molecule has 0 aliphatic heterocycles. The van der Waals surface area contributed by atoms with Gasteiger partial charge in [0.15, 0.2) is 0 Å². The average molecular weight is 1020 g/mol. The highest BCUT2D eigenvalue weighted by Gasteiger charge is 2.25. The standard InChI is InChI=1S/C76H74N2/c1-73(2,3)54-30-42-60(43-31-54)77(61-44-32-55(33-45-61)74(4,5)6)58-38-26-52(27-39-58)69-50-68(51-20-14-13-15-21-51)70(72-67-25-19-17-23-65(67)64-22-16-18-24-66(64)71(69)72)53-28-40-59(41-29-53)78(62-46-34-56(35-47-62)75(7,8)9)63-48-36-57(37-49-63)76(10,11)12/h13-50H,1-12H3. The van der Waals surface area contributed by atoms with Crippen LogP contribution in [0.3, 0.4) is 0 Å². The normalized spacial score (nSPS) is 12.4. The van der Waals surface area contributed by atoms with Gasteiger partial charge in [-0.3, -0.25) is 0 Å². The predicted octanol–water partition coefficient (Wildman–Crippen LogP) is 22.3. The van der Waals surface area contributed by atoms with Gasteiger partial charge in [-0.2, -0.15) is 0 Å². The number of hydrogen-bond donors (Lipinski definition) is 0. The number of fused-ring (bicyclic) bond motifs is 6. The summed E-state index contributed by atoms with van der Waals surface area (Å²) < 4.78 is 0. The molecule has 0 bridgehead atoms. The maximum atomic E-state index is 2.48. The Morgan fingerprint density at radius 2 is 0.500 bits per heavy atom. The molecule has 0 saturated carbocycles. The lowest BCUT2D eigenvalue weighted by atomic mass is 9.81. The summed E-state index contributed by atoms with van der Waals surface area (Å²) >= 11 is 0. The molecule has 0 atom stereocenters. The quantitative estimate of drug-likeness (QED) is 0.133. The highest BCUT2D eigenvalue weighted by molar-refractivity contribution is 6.33. The van der Waals surface area contributed by atoms with Crippen LogP contribution in [-0.4, -0.2) is 0 Å². The van der Waals surface area contributed by atoms with Crippen LogP contribution in [0.2, 0.25) is 0 Å². The van der Waals surface area contributed by atoms with E-state index in [1.165, 1.54) is 88.0 Å². The van der Waals surface area contributed by atoms with Crippen molar-refractivity contribution >= 4 is 66.4 Å².